The third-order valence-electron chi connectivity index (χ3n) is 6.81. The fourth-order valence-corrected chi connectivity index (χ4v) is 6.87. The number of fused-ring (bicyclic) bond motifs is 1. The molecule has 202 valence electrons. The van der Waals surface area contributed by atoms with Gasteiger partial charge >= 0.3 is 0 Å². The van der Waals surface area contributed by atoms with Crippen LogP contribution in [-0.4, -0.2) is 23.8 Å². The number of methoxy groups -OCH3 is 1. The number of amides is 1. The zero-order valence-electron chi connectivity index (χ0n) is 22.0. The lowest BCUT2D eigenvalue weighted by Gasteiger charge is -2.14. The van der Waals surface area contributed by atoms with Crippen LogP contribution in [0.3, 0.4) is 0 Å². The minimum Gasteiger partial charge on any atom is -0.493 e. The Morgan fingerprint density at radius 2 is 1.82 bits per heavy atom. The Kier molecular flexibility index (Phi) is 8.45. The second-order valence-corrected chi connectivity index (χ2v) is 11.9. The van der Waals surface area contributed by atoms with E-state index in [1.165, 1.54) is 4.88 Å². The summed E-state index contributed by atoms with van der Waals surface area (Å²) in [5.41, 5.74) is 8.62. The molecule has 1 aliphatic rings. The van der Waals surface area contributed by atoms with Crippen molar-refractivity contribution in [1.29, 1.82) is 0 Å². The lowest BCUT2D eigenvalue weighted by molar-refractivity contribution is 0.0954. The number of nitrogens with zero attached hydrogens (tertiary/aromatic N) is 2. The number of nitrogens with one attached hydrogen (secondary N) is 1. The maximum absolute atomic E-state index is 13.5. The maximum Gasteiger partial charge on any atom is 0.274 e. The molecule has 0 aliphatic heterocycles. The molecule has 2 heterocycles. The largest absolute Gasteiger partial charge is 0.493 e. The predicted molar refractivity (Wildman–Crippen MR) is 161 cm³/mol. The van der Waals surface area contributed by atoms with Crippen molar-refractivity contribution < 1.29 is 14.3 Å². The van der Waals surface area contributed by atoms with Crippen LogP contribution < -0.4 is 14.9 Å². The maximum atomic E-state index is 13.5. The SMILES string of the molecule is COc1cc(/C=N/NC(=O)c2c(-n3c(C)ccc3C)sc3c2CCCC3)c(Br)cc1OCc1ccc(Cl)cc1. The van der Waals surface area contributed by atoms with Gasteiger partial charge in [-0.05, 0) is 103 Å². The summed E-state index contributed by atoms with van der Waals surface area (Å²) in [6.45, 7) is 4.51. The Hall–Kier alpha value is -3.07. The van der Waals surface area contributed by atoms with E-state index in [0.29, 0.717) is 23.1 Å². The first-order chi connectivity index (χ1) is 18.9. The summed E-state index contributed by atoms with van der Waals surface area (Å²) >= 11 is 11.3. The van der Waals surface area contributed by atoms with E-state index in [-0.39, 0.29) is 5.91 Å². The molecule has 0 atom stereocenters. The number of hydrogen-bond donors (Lipinski definition) is 1. The van der Waals surface area contributed by atoms with Gasteiger partial charge in [-0.15, -0.1) is 11.3 Å². The van der Waals surface area contributed by atoms with E-state index in [0.717, 1.165) is 68.8 Å². The van der Waals surface area contributed by atoms with Crippen LogP contribution in [0.4, 0.5) is 0 Å². The zero-order chi connectivity index (χ0) is 27.5. The summed E-state index contributed by atoms with van der Waals surface area (Å²) in [7, 11) is 1.59. The van der Waals surface area contributed by atoms with Gasteiger partial charge in [-0.2, -0.15) is 5.10 Å². The highest BCUT2D eigenvalue weighted by Gasteiger charge is 2.27. The van der Waals surface area contributed by atoms with Crippen LogP contribution in [0.15, 0.2) is 58.1 Å². The topological polar surface area (TPSA) is 64.8 Å². The molecular formula is C30H29BrClN3O3S. The van der Waals surface area contributed by atoms with Crippen LogP contribution in [0.25, 0.3) is 5.00 Å². The van der Waals surface area contributed by atoms with Crippen molar-refractivity contribution in [2.24, 2.45) is 5.10 Å². The smallest absolute Gasteiger partial charge is 0.274 e. The Morgan fingerprint density at radius 3 is 2.54 bits per heavy atom. The zero-order valence-corrected chi connectivity index (χ0v) is 25.2. The number of aryl methyl sites for hydroxylation is 3. The molecule has 0 radical (unpaired) electrons. The van der Waals surface area contributed by atoms with Crippen molar-refractivity contribution in [1.82, 2.24) is 9.99 Å². The minimum absolute atomic E-state index is 0.195. The molecule has 0 bridgehead atoms. The van der Waals surface area contributed by atoms with Gasteiger partial charge in [0.15, 0.2) is 11.5 Å². The number of hydrazone groups is 1. The number of rotatable bonds is 8. The molecule has 1 N–H and O–H groups in total. The first-order valence-electron chi connectivity index (χ1n) is 12.7. The Morgan fingerprint density at radius 1 is 1.10 bits per heavy atom. The quantitative estimate of drug-likeness (QED) is 0.160. The number of aromatic nitrogens is 1. The van der Waals surface area contributed by atoms with Crippen molar-refractivity contribution in [3.8, 4) is 16.5 Å². The normalized spacial score (nSPS) is 12.9. The molecular weight excluding hydrogens is 598 g/mol. The minimum atomic E-state index is -0.195. The highest BCUT2D eigenvalue weighted by Crippen LogP contribution is 2.38. The van der Waals surface area contributed by atoms with Crippen LogP contribution in [0.2, 0.25) is 5.02 Å². The lowest BCUT2D eigenvalue weighted by atomic mass is 9.95. The third kappa shape index (κ3) is 5.93. The number of halogens is 2. The predicted octanol–water partition coefficient (Wildman–Crippen LogP) is 7.80. The first-order valence-corrected chi connectivity index (χ1v) is 14.7. The van der Waals surface area contributed by atoms with E-state index in [1.54, 1.807) is 24.7 Å². The second kappa shape index (κ2) is 12.0. The highest BCUT2D eigenvalue weighted by atomic mass is 79.9. The summed E-state index contributed by atoms with van der Waals surface area (Å²) < 4.78 is 14.5. The molecule has 0 spiro atoms. The number of carbonyl (C=O) groups excluding carboxylic acids is 1. The summed E-state index contributed by atoms with van der Waals surface area (Å²) in [6, 6.07) is 15.3. The summed E-state index contributed by atoms with van der Waals surface area (Å²) in [5, 5.41) is 5.97. The number of carbonyl (C=O) groups is 1. The van der Waals surface area contributed by atoms with Gasteiger partial charge in [-0.25, -0.2) is 5.43 Å². The first kappa shape index (κ1) is 27.5. The summed E-state index contributed by atoms with van der Waals surface area (Å²) in [6.07, 6.45) is 5.79. The summed E-state index contributed by atoms with van der Waals surface area (Å²) in [4.78, 5) is 14.8. The number of benzene rings is 2. The molecule has 2 aromatic heterocycles. The van der Waals surface area contributed by atoms with Gasteiger partial charge < -0.3 is 14.0 Å². The molecule has 1 aliphatic carbocycles. The standard InChI is InChI=1S/C30H29BrClN3O3S/c1-18-8-9-19(2)35(18)30-28(23-6-4-5-7-27(23)39-30)29(36)34-33-16-21-14-25(37-3)26(15-24(21)31)38-17-20-10-12-22(32)13-11-20/h8-16H,4-7,17H2,1-3H3,(H,34,36)/b33-16+. The molecule has 2 aromatic carbocycles. The molecule has 9 heteroatoms. The molecule has 5 rings (SSSR count). The monoisotopic (exact) mass is 625 g/mol. The Labute approximate surface area is 245 Å². The number of thiophene rings is 1. The Bertz CT molecular complexity index is 1520. The van der Waals surface area contributed by atoms with Gasteiger partial charge in [0, 0.05) is 31.3 Å². The highest BCUT2D eigenvalue weighted by molar-refractivity contribution is 9.10. The molecule has 0 fully saturated rings. The molecule has 0 saturated carbocycles. The molecule has 1 amide bonds. The van der Waals surface area contributed by atoms with Crippen LogP contribution in [-0.2, 0) is 19.4 Å². The fraction of sp³-hybridized carbons (Fsp3) is 0.267. The summed E-state index contributed by atoms with van der Waals surface area (Å²) in [5.74, 6) is 0.958. The van der Waals surface area contributed by atoms with E-state index < -0.39 is 0 Å². The Balaban J connectivity index is 1.35. The van der Waals surface area contributed by atoms with Crippen LogP contribution in [0.1, 0.15) is 56.2 Å². The lowest BCUT2D eigenvalue weighted by Crippen LogP contribution is -2.21. The number of hydrogen-bond acceptors (Lipinski definition) is 5. The van der Waals surface area contributed by atoms with E-state index in [1.807, 2.05) is 36.4 Å². The van der Waals surface area contributed by atoms with Crippen molar-refractivity contribution in [2.75, 3.05) is 7.11 Å². The fourth-order valence-electron chi connectivity index (χ4n) is 4.81. The van der Waals surface area contributed by atoms with Crippen molar-refractivity contribution >= 4 is 51.0 Å². The van der Waals surface area contributed by atoms with Gasteiger partial charge in [0.1, 0.15) is 11.6 Å². The van der Waals surface area contributed by atoms with Crippen LogP contribution in [0, 0.1) is 13.8 Å². The van der Waals surface area contributed by atoms with Gasteiger partial charge in [0.2, 0.25) is 0 Å². The third-order valence-corrected chi connectivity index (χ3v) is 9.03. The van der Waals surface area contributed by atoms with Crippen molar-refractivity contribution in [2.45, 2.75) is 46.1 Å². The van der Waals surface area contributed by atoms with Gasteiger partial charge in [-0.1, -0.05) is 23.7 Å². The van der Waals surface area contributed by atoms with Crippen molar-refractivity contribution in [3.05, 3.63) is 96.5 Å². The van der Waals surface area contributed by atoms with Crippen LogP contribution >= 0.6 is 38.9 Å². The molecule has 0 saturated heterocycles. The van der Waals surface area contributed by atoms with E-state index in [2.05, 4.69) is 57.0 Å². The van der Waals surface area contributed by atoms with E-state index in [9.17, 15) is 4.79 Å². The van der Waals surface area contributed by atoms with Gasteiger partial charge in [-0.3, -0.25) is 4.79 Å². The average Bonchev–Trinajstić information content (AvgIpc) is 3.47. The van der Waals surface area contributed by atoms with Gasteiger partial charge in [0.25, 0.3) is 5.91 Å². The number of ether oxygens (including phenoxy) is 2. The second-order valence-electron chi connectivity index (χ2n) is 9.48. The molecule has 4 aromatic rings. The molecule has 6 nitrogen and oxygen atoms in total. The van der Waals surface area contributed by atoms with Crippen molar-refractivity contribution in [3.63, 3.8) is 0 Å². The van der Waals surface area contributed by atoms with E-state index >= 15 is 0 Å². The molecule has 39 heavy (non-hydrogen) atoms. The van der Waals surface area contributed by atoms with Gasteiger partial charge in [0.05, 0.1) is 18.9 Å². The molecule has 0 unspecified atom stereocenters. The van der Waals surface area contributed by atoms with Crippen LogP contribution in [0.5, 0.6) is 11.5 Å². The average molecular weight is 627 g/mol. The van der Waals surface area contributed by atoms with E-state index in [4.69, 9.17) is 21.1 Å².